The van der Waals surface area contributed by atoms with Crippen LogP contribution in [0.15, 0.2) is 66.4 Å². The van der Waals surface area contributed by atoms with Crippen LogP contribution in [-0.2, 0) is 6.42 Å². The third-order valence-electron chi connectivity index (χ3n) is 6.85. The molecular formula is C28H30F3N5. The Morgan fingerprint density at radius 1 is 1.06 bits per heavy atom. The van der Waals surface area contributed by atoms with E-state index < -0.39 is 11.7 Å². The van der Waals surface area contributed by atoms with Gasteiger partial charge in [0.25, 0.3) is 0 Å². The fourth-order valence-electron chi connectivity index (χ4n) is 4.91. The lowest BCUT2D eigenvalue weighted by Gasteiger charge is -2.21. The van der Waals surface area contributed by atoms with Crippen LogP contribution in [0.1, 0.15) is 48.6 Å². The van der Waals surface area contributed by atoms with Gasteiger partial charge in [-0.15, -0.1) is 0 Å². The Morgan fingerprint density at radius 2 is 1.86 bits per heavy atom. The number of hydrogen-bond acceptors (Lipinski definition) is 4. The molecule has 3 heterocycles. The molecule has 0 atom stereocenters. The Kier molecular flexibility index (Phi) is 7.23. The first kappa shape index (κ1) is 24.3. The van der Waals surface area contributed by atoms with Crippen LogP contribution in [0.5, 0.6) is 0 Å². The number of piperidine rings is 1. The molecule has 2 aromatic heterocycles. The van der Waals surface area contributed by atoms with E-state index in [0.717, 1.165) is 43.6 Å². The van der Waals surface area contributed by atoms with Crippen molar-refractivity contribution < 1.29 is 13.2 Å². The number of anilines is 1. The van der Waals surface area contributed by atoms with Crippen LogP contribution in [0, 0.1) is 0 Å². The molecule has 1 aliphatic carbocycles. The average Bonchev–Trinajstić information content (AvgIpc) is 3.35. The second kappa shape index (κ2) is 10.7. The lowest BCUT2D eigenvalue weighted by atomic mass is 9.94. The van der Waals surface area contributed by atoms with Gasteiger partial charge in [0.15, 0.2) is 0 Å². The summed E-state index contributed by atoms with van der Waals surface area (Å²) >= 11 is 0. The zero-order chi connectivity index (χ0) is 25.0. The summed E-state index contributed by atoms with van der Waals surface area (Å²) in [5.41, 5.74) is 4.54. The first-order valence-corrected chi connectivity index (χ1v) is 12.5. The van der Waals surface area contributed by atoms with Crippen molar-refractivity contribution in [1.29, 1.82) is 0 Å². The van der Waals surface area contributed by atoms with Gasteiger partial charge in [-0.25, -0.2) is 9.97 Å². The molecule has 3 N–H and O–H groups in total. The number of hydrogen-bond donors (Lipinski definition) is 3. The van der Waals surface area contributed by atoms with Gasteiger partial charge in [0.05, 0.1) is 11.4 Å². The van der Waals surface area contributed by atoms with Gasteiger partial charge in [0, 0.05) is 35.5 Å². The number of nitrogens with zero attached hydrogens (tertiary/aromatic N) is 2. The second-order valence-electron chi connectivity index (χ2n) is 9.33. The second-order valence-corrected chi connectivity index (χ2v) is 9.33. The molecule has 8 heteroatoms. The molecule has 0 amide bonds. The maximum absolute atomic E-state index is 13.5. The van der Waals surface area contributed by atoms with Crippen LogP contribution in [0.4, 0.5) is 19.1 Å². The molecule has 188 valence electrons. The SMILES string of the molecule is FC(F)(F)C1=CC(c2[nH]c(C3CCNCC3)cc2-c2ccnc(NCCc3ccccc3)n2)=CCC1. The molecule has 0 radical (unpaired) electrons. The highest BCUT2D eigenvalue weighted by atomic mass is 19.4. The number of aromatic amines is 1. The molecule has 3 aromatic rings. The standard InChI is InChI=1S/C28H30F3N5/c29-28(30,31)22-8-4-7-21(17-22)26-23(18-25(35-26)20-10-13-32-14-11-20)24-12-16-34-27(36-24)33-15-9-19-5-2-1-3-6-19/h1-3,5-7,12,16-18,20,32,35H,4,8-11,13-15H2,(H,33,34,36). The van der Waals surface area contributed by atoms with Crippen molar-refractivity contribution in [3.05, 3.63) is 83.3 Å². The Labute approximate surface area is 209 Å². The zero-order valence-electron chi connectivity index (χ0n) is 20.0. The van der Waals surface area contributed by atoms with Crippen molar-refractivity contribution in [2.45, 2.75) is 44.2 Å². The van der Waals surface area contributed by atoms with Crippen LogP contribution in [0.25, 0.3) is 16.8 Å². The van der Waals surface area contributed by atoms with Crippen LogP contribution in [0.2, 0.25) is 0 Å². The predicted octanol–water partition coefficient (Wildman–Crippen LogP) is 6.26. The number of aromatic nitrogens is 3. The van der Waals surface area contributed by atoms with E-state index in [-0.39, 0.29) is 6.42 Å². The Bertz CT molecular complexity index is 1240. The maximum Gasteiger partial charge on any atom is 0.412 e. The van der Waals surface area contributed by atoms with Crippen molar-refractivity contribution >= 4 is 11.5 Å². The molecule has 0 spiro atoms. The minimum atomic E-state index is -4.32. The summed E-state index contributed by atoms with van der Waals surface area (Å²) < 4.78 is 40.5. The molecule has 5 rings (SSSR count). The highest BCUT2D eigenvalue weighted by molar-refractivity contribution is 5.84. The molecule has 0 saturated carbocycles. The minimum Gasteiger partial charge on any atom is -0.358 e. The van der Waals surface area contributed by atoms with Crippen LogP contribution in [-0.4, -0.2) is 40.8 Å². The fraction of sp³-hybridized carbons (Fsp3) is 0.357. The number of H-pyrrole nitrogens is 1. The largest absolute Gasteiger partial charge is 0.412 e. The number of halogens is 3. The molecule has 36 heavy (non-hydrogen) atoms. The van der Waals surface area contributed by atoms with Gasteiger partial charge < -0.3 is 15.6 Å². The molecule has 0 unspecified atom stereocenters. The molecule has 2 aliphatic rings. The molecule has 1 aromatic carbocycles. The Hall–Kier alpha value is -3.39. The fourth-order valence-corrected chi connectivity index (χ4v) is 4.91. The van der Waals surface area contributed by atoms with E-state index in [0.29, 0.717) is 41.8 Å². The van der Waals surface area contributed by atoms with E-state index in [2.05, 4.69) is 38.8 Å². The van der Waals surface area contributed by atoms with Crippen molar-refractivity contribution in [3.8, 4) is 11.3 Å². The smallest absolute Gasteiger partial charge is 0.358 e. The first-order valence-electron chi connectivity index (χ1n) is 12.5. The highest BCUT2D eigenvalue weighted by Gasteiger charge is 2.34. The van der Waals surface area contributed by atoms with Gasteiger partial charge >= 0.3 is 6.18 Å². The van der Waals surface area contributed by atoms with E-state index in [9.17, 15) is 13.2 Å². The molecular weight excluding hydrogens is 463 g/mol. The summed E-state index contributed by atoms with van der Waals surface area (Å²) in [5, 5.41) is 6.66. The summed E-state index contributed by atoms with van der Waals surface area (Å²) in [5.74, 6) is 0.836. The van der Waals surface area contributed by atoms with Crippen LogP contribution >= 0.6 is 0 Å². The number of nitrogens with one attached hydrogen (secondary N) is 3. The van der Waals surface area contributed by atoms with Crippen molar-refractivity contribution in [2.24, 2.45) is 0 Å². The number of rotatable bonds is 7. The lowest BCUT2D eigenvalue weighted by molar-refractivity contribution is -0.0939. The Morgan fingerprint density at radius 3 is 2.64 bits per heavy atom. The lowest BCUT2D eigenvalue weighted by Crippen LogP contribution is -2.26. The van der Waals surface area contributed by atoms with Crippen molar-refractivity contribution in [2.75, 3.05) is 25.0 Å². The van der Waals surface area contributed by atoms with Gasteiger partial charge in [-0.05, 0) is 74.5 Å². The molecule has 1 fully saturated rings. The van der Waals surface area contributed by atoms with E-state index in [1.54, 1.807) is 6.20 Å². The van der Waals surface area contributed by atoms with Gasteiger partial charge in [0.2, 0.25) is 5.95 Å². The molecule has 1 saturated heterocycles. The summed E-state index contributed by atoms with van der Waals surface area (Å²) in [6, 6.07) is 14.1. The topological polar surface area (TPSA) is 65.6 Å². The normalized spacial score (nSPS) is 17.0. The minimum absolute atomic E-state index is 0.00713. The van der Waals surface area contributed by atoms with E-state index in [1.807, 2.05) is 30.3 Å². The quantitative estimate of drug-likeness (QED) is 0.364. The summed E-state index contributed by atoms with van der Waals surface area (Å²) in [4.78, 5) is 12.6. The van der Waals surface area contributed by atoms with Crippen LogP contribution < -0.4 is 10.6 Å². The van der Waals surface area contributed by atoms with Gasteiger partial charge in [-0.3, -0.25) is 0 Å². The van der Waals surface area contributed by atoms with Crippen molar-refractivity contribution in [3.63, 3.8) is 0 Å². The van der Waals surface area contributed by atoms with Gasteiger partial charge in [0.1, 0.15) is 0 Å². The Balaban J connectivity index is 1.44. The third kappa shape index (κ3) is 5.70. The van der Waals surface area contributed by atoms with Crippen LogP contribution in [0.3, 0.4) is 0 Å². The molecule has 0 bridgehead atoms. The number of alkyl halides is 3. The van der Waals surface area contributed by atoms with E-state index in [4.69, 9.17) is 4.98 Å². The summed E-state index contributed by atoms with van der Waals surface area (Å²) in [7, 11) is 0. The summed E-state index contributed by atoms with van der Waals surface area (Å²) in [6.07, 6.45) is 3.71. The summed E-state index contributed by atoms with van der Waals surface area (Å²) in [6.45, 7) is 2.53. The van der Waals surface area contributed by atoms with E-state index in [1.165, 1.54) is 11.6 Å². The van der Waals surface area contributed by atoms with Crippen molar-refractivity contribution in [1.82, 2.24) is 20.3 Å². The molecule has 1 aliphatic heterocycles. The number of allylic oxidation sites excluding steroid dienone is 4. The molecule has 5 nitrogen and oxygen atoms in total. The zero-order valence-corrected chi connectivity index (χ0v) is 20.0. The number of benzene rings is 1. The highest BCUT2D eigenvalue weighted by Crippen LogP contribution is 2.39. The monoisotopic (exact) mass is 493 g/mol. The van der Waals surface area contributed by atoms with E-state index >= 15 is 0 Å². The van der Waals surface area contributed by atoms with Gasteiger partial charge in [-0.2, -0.15) is 13.2 Å². The van der Waals surface area contributed by atoms with Gasteiger partial charge in [-0.1, -0.05) is 36.4 Å². The maximum atomic E-state index is 13.5. The third-order valence-corrected chi connectivity index (χ3v) is 6.85. The first-order chi connectivity index (χ1) is 17.5. The predicted molar refractivity (Wildman–Crippen MR) is 137 cm³/mol. The average molecular weight is 494 g/mol.